The Labute approximate surface area is 155 Å². The van der Waals surface area contributed by atoms with E-state index in [1.54, 1.807) is 6.07 Å². The number of aryl methyl sites for hydroxylation is 1. The first-order valence-electron chi connectivity index (χ1n) is 9.01. The van der Waals surface area contributed by atoms with Crippen LogP contribution in [0.2, 0.25) is 0 Å². The quantitative estimate of drug-likeness (QED) is 0.738. The first kappa shape index (κ1) is 19.7. The third-order valence-corrected chi connectivity index (χ3v) is 3.59. The van der Waals surface area contributed by atoms with Crippen molar-refractivity contribution < 1.29 is 9.53 Å². The summed E-state index contributed by atoms with van der Waals surface area (Å²) in [7, 11) is 0. The maximum Gasteiger partial charge on any atom is 0.274 e. The summed E-state index contributed by atoms with van der Waals surface area (Å²) in [5.41, 5.74) is 1.68. The largest absolute Gasteiger partial charge is 0.489 e. The highest BCUT2D eigenvalue weighted by atomic mass is 16.5. The van der Waals surface area contributed by atoms with Gasteiger partial charge in [0.1, 0.15) is 11.4 Å². The second kappa shape index (κ2) is 9.17. The average molecular weight is 356 g/mol. The number of nitrogens with zero attached hydrogens (tertiary/aromatic N) is 2. The van der Waals surface area contributed by atoms with E-state index in [1.165, 1.54) is 0 Å². The van der Waals surface area contributed by atoms with Crippen molar-refractivity contribution in [1.82, 2.24) is 9.97 Å². The molecule has 6 nitrogen and oxygen atoms in total. The fourth-order valence-electron chi connectivity index (χ4n) is 2.35. The predicted octanol–water partition coefficient (Wildman–Crippen LogP) is 4.28. The number of anilines is 2. The molecule has 1 aromatic carbocycles. The highest BCUT2D eigenvalue weighted by molar-refractivity contribution is 6.03. The molecule has 140 valence electrons. The number of hydrogen-bond acceptors (Lipinski definition) is 5. The summed E-state index contributed by atoms with van der Waals surface area (Å²) in [4.78, 5) is 21.3. The first-order chi connectivity index (χ1) is 12.3. The van der Waals surface area contributed by atoms with Gasteiger partial charge < -0.3 is 15.4 Å². The number of amides is 1. The maximum absolute atomic E-state index is 12.7. The van der Waals surface area contributed by atoms with Crippen LogP contribution in [0.3, 0.4) is 0 Å². The summed E-state index contributed by atoms with van der Waals surface area (Å²) in [5, 5.41) is 6.07. The van der Waals surface area contributed by atoms with E-state index in [-0.39, 0.29) is 12.0 Å². The van der Waals surface area contributed by atoms with Gasteiger partial charge in [0.25, 0.3) is 5.91 Å². The minimum atomic E-state index is -0.290. The number of ether oxygens (including phenoxy) is 1. The minimum absolute atomic E-state index is 0.0195. The zero-order chi connectivity index (χ0) is 19.1. The molecular weight excluding hydrogens is 328 g/mol. The van der Waals surface area contributed by atoms with Crippen LogP contribution in [-0.4, -0.2) is 28.5 Å². The van der Waals surface area contributed by atoms with Crippen LogP contribution in [0.5, 0.6) is 5.75 Å². The van der Waals surface area contributed by atoms with Crippen molar-refractivity contribution in [2.24, 2.45) is 5.92 Å². The van der Waals surface area contributed by atoms with Gasteiger partial charge in [-0.2, -0.15) is 0 Å². The molecule has 0 atom stereocenters. The van der Waals surface area contributed by atoms with E-state index >= 15 is 0 Å². The molecule has 0 unspecified atom stereocenters. The summed E-state index contributed by atoms with van der Waals surface area (Å²) in [6, 6.07) is 9.05. The Bertz CT molecular complexity index is 744. The molecule has 6 heteroatoms. The SMILES string of the molecule is Cc1cc(C(=O)Nc2ccccc2OC(C)C)nc(NCCC(C)C)n1. The van der Waals surface area contributed by atoms with Gasteiger partial charge in [0.2, 0.25) is 5.95 Å². The molecule has 0 saturated heterocycles. The monoisotopic (exact) mass is 356 g/mol. The van der Waals surface area contributed by atoms with Gasteiger partial charge in [0, 0.05) is 12.2 Å². The van der Waals surface area contributed by atoms with Crippen LogP contribution in [-0.2, 0) is 0 Å². The molecule has 0 spiro atoms. The number of aromatic nitrogens is 2. The summed E-state index contributed by atoms with van der Waals surface area (Å²) in [5.74, 6) is 1.41. The van der Waals surface area contributed by atoms with Gasteiger partial charge in [-0.1, -0.05) is 26.0 Å². The summed E-state index contributed by atoms with van der Waals surface area (Å²) in [6.45, 7) is 10.8. The molecule has 2 N–H and O–H groups in total. The lowest BCUT2D eigenvalue weighted by molar-refractivity contribution is 0.102. The van der Waals surface area contributed by atoms with Gasteiger partial charge in [0.05, 0.1) is 11.8 Å². The van der Waals surface area contributed by atoms with Crippen molar-refractivity contribution in [3.8, 4) is 5.75 Å². The second-order valence-electron chi connectivity index (χ2n) is 6.94. The fourth-order valence-corrected chi connectivity index (χ4v) is 2.35. The first-order valence-corrected chi connectivity index (χ1v) is 9.01. The van der Waals surface area contributed by atoms with E-state index in [0.29, 0.717) is 29.0 Å². The van der Waals surface area contributed by atoms with E-state index in [0.717, 1.165) is 18.7 Å². The van der Waals surface area contributed by atoms with E-state index in [1.807, 2.05) is 45.0 Å². The molecule has 1 heterocycles. The van der Waals surface area contributed by atoms with Crippen LogP contribution in [0.4, 0.5) is 11.6 Å². The predicted molar refractivity (Wildman–Crippen MR) is 105 cm³/mol. The fraction of sp³-hybridized carbons (Fsp3) is 0.450. The Morgan fingerprint density at radius 1 is 1.15 bits per heavy atom. The number of benzene rings is 1. The number of hydrogen-bond donors (Lipinski definition) is 2. The molecule has 1 aromatic heterocycles. The summed E-state index contributed by atoms with van der Waals surface area (Å²) < 4.78 is 5.75. The van der Waals surface area contributed by atoms with Crippen LogP contribution in [0.25, 0.3) is 0 Å². The molecule has 0 aliphatic carbocycles. The van der Waals surface area contributed by atoms with Crippen molar-refractivity contribution >= 4 is 17.5 Å². The number of rotatable bonds is 8. The lowest BCUT2D eigenvalue weighted by Gasteiger charge is -2.15. The van der Waals surface area contributed by atoms with Crippen molar-refractivity contribution in [2.75, 3.05) is 17.2 Å². The molecule has 0 aliphatic rings. The van der Waals surface area contributed by atoms with Gasteiger partial charge >= 0.3 is 0 Å². The van der Waals surface area contributed by atoms with Crippen LogP contribution >= 0.6 is 0 Å². The Morgan fingerprint density at radius 2 is 1.88 bits per heavy atom. The van der Waals surface area contributed by atoms with Crippen LogP contribution in [0.15, 0.2) is 30.3 Å². The molecule has 1 amide bonds. The normalized spacial score (nSPS) is 10.9. The number of carbonyl (C=O) groups is 1. The van der Waals surface area contributed by atoms with Crippen molar-refractivity contribution in [2.45, 2.75) is 47.1 Å². The molecule has 2 aromatic rings. The topological polar surface area (TPSA) is 76.1 Å². The molecule has 26 heavy (non-hydrogen) atoms. The Hall–Kier alpha value is -2.63. The zero-order valence-electron chi connectivity index (χ0n) is 16.2. The minimum Gasteiger partial charge on any atom is -0.489 e. The van der Waals surface area contributed by atoms with Gasteiger partial charge in [-0.05, 0) is 51.3 Å². The second-order valence-corrected chi connectivity index (χ2v) is 6.94. The molecular formula is C20H28N4O2. The van der Waals surface area contributed by atoms with E-state index < -0.39 is 0 Å². The molecule has 2 rings (SSSR count). The Morgan fingerprint density at radius 3 is 2.58 bits per heavy atom. The summed E-state index contributed by atoms with van der Waals surface area (Å²) in [6.07, 6.45) is 1.03. The lowest BCUT2D eigenvalue weighted by atomic mass is 10.1. The van der Waals surface area contributed by atoms with E-state index in [9.17, 15) is 4.79 Å². The van der Waals surface area contributed by atoms with Gasteiger partial charge in [-0.3, -0.25) is 4.79 Å². The summed E-state index contributed by atoms with van der Waals surface area (Å²) >= 11 is 0. The molecule has 0 aliphatic heterocycles. The third-order valence-electron chi connectivity index (χ3n) is 3.59. The third kappa shape index (κ3) is 6.02. The van der Waals surface area contributed by atoms with Crippen LogP contribution < -0.4 is 15.4 Å². The Kier molecular flexibility index (Phi) is 6.95. The van der Waals surface area contributed by atoms with E-state index in [2.05, 4.69) is 34.4 Å². The number of nitrogens with one attached hydrogen (secondary N) is 2. The molecule has 0 fully saturated rings. The van der Waals surface area contributed by atoms with E-state index in [4.69, 9.17) is 4.74 Å². The Balaban J connectivity index is 2.13. The van der Waals surface area contributed by atoms with Crippen LogP contribution in [0, 0.1) is 12.8 Å². The van der Waals surface area contributed by atoms with Gasteiger partial charge in [-0.25, -0.2) is 9.97 Å². The number of carbonyl (C=O) groups excluding carboxylic acids is 1. The van der Waals surface area contributed by atoms with Crippen molar-refractivity contribution in [1.29, 1.82) is 0 Å². The maximum atomic E-state index is 12.7. The van der Waals surface area contributed by atoms with Crippen LogP contribution in [0.1, 0.15) is 50.3 Å². The average Bonchev–Trinajstić information content (AvgIpc) is 2.55. The highest BCUT2D eigenvalue weighted by Gasteiger charge is 2.14. The molecule has 0 radical (unpaired) electrons. The van der Waals surface area contributed by atoms with Crippen molar-refractivity contribution in [3.05, 3.63) is 41.7 Å². The lowest BCUT2D eigenvalue weighted by Crippen LogP contribution is -2.18. The van der Waals surface area contributed by atoms with Gasteiger partial charge in [0.15, 0.2) is 0 Å². The highest BCUT2D eigenvalue weighted by Crippen LogP contribution is 2.25. The smallest absolute Gasteiger partial charge is 0.274 e. The van der Waals surface area contributed by atoms with Gasteiger partial charge in [-0.15, -0.1) is 0 Å². The standard InChI is InChI=1S/C20H28N4O2/c1-13(2)10-11-21-20-22-15(5)12-17(24-20)19(25)23-16-8-6-7-9-18(16)26-14(3)4/h6-9,12-14H,10-11H2,1-5H3,(H,23,25)(H,21,22,24). The molecule has 0 bridgehead atoms. The molecule has 0 saturated carbocycles. The zero-order valence-corrected chi connectivity index (χ0v) is 16.2. The number of para-hydroxylation sites is 2. The van der Waals surface area contributed by atoms with Crippen molar-refractivity contribution in [3.63, 3.8) is 0 Å².